The number of ether oxygens (including phenoxy) is 8. The normalized spacial score (nSPS) is 27.0. The predicted octanol–water partition coefficient (Wildman–Crippen LogP) is 7.48. The van der Waals surface area contributed by atoms with Crippen molar-refractivity contribution in [1.82, 2.24) is 30.2 Å². The molecule has 5 aliphatic heterocycles. The monoisotopic (exact) mass is 1650 g/mol. The zero-order valence-electron chi connectivity index (χ0n) is 63.9. The van der Waals surface area contributed by atoms with E-state index >= 15 is 0 Å². The first-order valence-corrected chi connectivity index (χ1v) is 41.8. The van der Waals surface area contributed by atoms with E-state index in [1.807, 2.05) is 66.4 Å². The Kier molecular flexibility index (Phi) is 30.7. The minimum absolute atomic E-state index is 0.00670. The van der Waals surface area contributed by atoms with Crippen LogP contribution in [0, 0.1) is 11.8 Å². The van der Waals surface area contributed by atoms with Crippen LogP contribution in [-0.2, 0) is 42.8 Å². The molecule has 0 aliphatic carbocycles. The number of halogens is 3. The number of fused-ring (bicyclic) bond motifs is 2. The van der Waals surface area contributed by atoms with Crippen molar-refractivity contribution in [1.29, 1.82) is 0 Å². The number of carbonyl (C=O) groups excluding carboxylic acids is 5. The molecule has 0 bridgehead atoms. The molecular formula is C80H101Cl3N6O21S2. The van der Waals surface area contributed by atoms with Gasteiger partial charge in [-0.3, -0.25) is 38.8 Å². The Morgan fingerprint density at radius 1 is 0.607 bits per heavy atom. The summed E-state index contributed by atoms with van der Waals surface area (Å²) in [6.07, 6.45) is -5.51. The number of likely N-dealkylation sites (tertiary alicyclic amines) is 2. The topological polar surface area (TPSA) is 338 Å². The van der Waals surface area contributed by atoms with E-state index in [1.165, 1.54) is 36.4 Å². The Hall–Kier alpha value is -6.62. The summed E-state index contributed by atoms with van der Waals surface area (Å²) >= 11 is 21.9. The van der Waals surface area contributed by atoms with E-state index in [0.29, 0.717) is 36.2 Å². The summed E-state index contributed by atoms with van der Waals surface area (Å²) in [5.41, 5.74) is -1.74. The van der Waals surface area contributed by atoms with E-state index in [0.717, 1.165) is 112 Å². The number of aliphatic hydroxyl groups is 4. The van der Waals surface area contributed by atoms with Gasteiger partial charge >= 0.3 is 17.9 Å². The summed E-state index contributed by atoms with van der Waals surface area (Å²) in [6.45, 7) is 11.0. The fourth-order valence-electron chi connectivity index (χ4n) is 15.8. The highest BCUT2D eigenvalue weighted by molar-refractivity contribution is 7.99. The molecule has 5 saturated heterocycles. The molecule has 19 atom stereocenters. The van der Waals surface area contributed by atoms with Gasteiger partial charge in [0.15, 0.2) is 29.2 Å². The Bertz CT molecular complexity index is 4090. The van der Waals surface area contributed by atoms with Gasteiger partial charge in [0.05, 0.1) is 47.6 Å². The average molecular weight is 1650 g/mol. The van der Waals surface area contributed by atoms with Crippen LogP contribution in [0.15, 0.2) is 122 Å². The van der Waals surface area contributed by atoms with Gasteiger partial charge in [0.25, 0.3) is 0 Å². The summed E-state index contributed by atoms with van der Waals surface area (Å²) in [5, 5.41) is 51.5. The first kappa shape index (κ1) is 86.2. The van der Waals surface area contributed by atoms with Crippen LogP contribution in [0.2, 0.25) is 5.02 Å². The lowest BCUT2D eigenvalue weighted by atomic mass is 9.92. The van der Waals surface area contributed by atoms with Crippen LogP contribution in [0.1, 0.15) is 104 Å². The molecule has 0 saturated carbocycles. The molecule has 610 valence electrons. The maximum Gasteiger partial charge on any atom is 0.374 e. The molecule has 19 unspecified atom stereocenters. The minimum Gasteiger partial charge on any atom is -0.489 e. The van der Waals surface area contributed by atoms with Crippen LogP contribution in [0.3, 0.4) is 0 Å². The van der Waals surface area contributed by atoms with Crippen molar-refractivity contribution >= 4 is 110 Å². The molecule has 5 aliphatic rings. The highest BCUT2D eigenvalue weighted by atomic mass is 35.5. The number of benzene rings is 4. The van der Waals surface area contributed by atoms with Gasteiger partial charge < -0.3 is 77.8 Å². The molecule has 11 rings (SSSR count). The van der Waals surface area contributed by atoms with Gasteiger partial charge in [0, 0.05) is 63.0 Å². The van der Waals surface area contributed by atoms with E-state index in [2.05, 4.69) is 46.4 Å². The SMILES string of the molecule is CCCC1CC(C(=O)NC(C(C)Cl)C2OC(SC)C(O)C(OC(=O)c3cc(=O)c4c(OCC(COc5cccc6oc(C(=O)OC7C(O)C(SC)OC(C(NC(=O)C8CC(CCC)CN8C)C(C)Cl)C7O)cc(=O)c56)OC(=O)COCCN5CCN(C(c6ccccc6)c6ccc(Cl)cc6)CC5)cccc4o3)C2O)N(C)C1. The molecule has 2 aromatic heterocycles. The van der Waals surface area contributed by atoms with Crippen molar-refractivity contribution in [3.8, 4) is 11.5 Å². The van der Waals surface area contributed by atoms with Crippen LogP contribution >= 0.6 is 58.3 Å². The number of hydrogen-bond acceptors (Lipinski definition) is 27. The second kappa shape index (κ2) is 39.8. The third-order valence-electron chi connectivity index (χ3n) is 21.5. The number of aliphatic hydroxyl groups excluding tert-OH is 4. The van der Waals surface area contributed by atoms with Crippen LogP contribution < -0.4 is 31.0 Å². The van der Waals surface area contributed by atoms with Crippen LogP contribution in [0.25, 0.3) is 21.9 Å². The third-order valence-corrected chi connectivity index (χ3v) is 24.0. The summed E-state index contributed by atoms with van der Waals surface area (Å²) in [7, 11) is 3.74. The number of likely N-dealkylation sites (N-methyl/N-ethyl adjacent to an activating group) is 2. The standard InChI is InChI=1S/C80H101Cl3N6O21S2/c1-9-16-45-34-51(86(5)38-45)75(97)84-64(43(3)81)71-67(93)73(69(95)79(109-71)111-7)107-77(99)59-36-53(90)62-55(20-14-22-57(62)105-59)102-40-50(104-61(92)42-101-33-32-88-28-30-89(31-29-88)66(47-18-12-11-13-19-47)48-24-26-49(83)27-25-48)41-103-56-21-15-23-58-63(56)54(91)37-60(106-58)78(100)108-74-68(94)72(110-80(112-8)70(74)96)65(44(4)82)85-76(98)52-35-46(17-10-2)39-87(52)6/h11-15,18-27,36-37,43-46,50-52,64-74,79-80,93-96H,9-10,16-17,28-35,38-42H2,1-8H3,(H,84,97)(H,85,98). The quantitative estimate of drug-likeness (QED) is 0.0101. The Morgan fingerprint density at radius 3 is 1.50 bits per heavy atom. The Labute approximate surface area is 673 Å². The number of piperazine rings is 1. The Morgan fingerprint density at radius 2 is 1.06 bits per heavy atom. The smallest absolute Gasteiger partial charge is 0.374 e. The fourth-order valence-corrected chi connectivity index (χ4v) is 17.7. The fraction of sp³-hybridized carbons (Fsp3) is 0.562. The molecule has 4 aromatic carbocycles. The molecule has 6 aromatic rings. The summed E-state index contributed by atoms with van der Waals surface area (Å²) < 4.78 is 60.4. The second-order valence-corrected chi connectivity index (χ2v) is 33.1. The average Bonchev–Trinajstić information content (AvgIpc) is 0.842. The second-order valence-electron chi connectivity index (χ2n) is 29.5. The lowest BCUT2D eigenvalue weighted by molar-refractivity contribution is -0.206. The van der Waals surface area contributed by atoms with Crippen molar-refractivity contribution in [3.05, 3.63) is 151 Å². The lowest BCUT2D eigenvalue weighted by Gasteiger charge is -2.45. The van der Waals surface area contributed by atoms with E-state index in [-0.39, 0.29) is 57.9 Å². The number of nitrogens with one attached hydrogen (secondary N) is 2. The van der Waals surface area contributed by atoms with E-state index < -0.39 is 161 Å². The van der Waals surface area contributed by atoms with Crippen LogP contribution in [0.4, 0.5) is 0 Å². The number of rotatable bonds is 33. The molecule has 0 radical (unpaired) electrons. The highest BCUT2D eigenvalue weighted by Crippen LogP contribution is 2.38. The first-order valence-electron chi connectivity index (χ1n) is 38.0. The molecule has 2 amide bonds. The van der Waals surface area contributed by atoms with Gasteiger partial charge in [0.2, 0.25) is 23.3 Å². The summed E-state index contributed by atoms with van der Waals surface area (Å²) in [4.78, 5) is 107. The number of nitrogens with zero attached hydrogens (tertiary/aromatic N) is 4. The van der Waals surface area contributed by atoms with E-state index in [1.54, 1.807) is 26.4 Å². The predicted molar refractivity (Wildman–Crippen MR) is 425 cm³/mol. The number of hydrogen-bond donors (Lipinski definition) is 6. The number of thioether (sulfide) groups is 2. The van der Waals surface area contributed by atoms with Gasteiger partial charge in [-0.25, -0.2) is 14.4 Å². The maximum absolute atomic E-state index is 14.3. The number of amides is 2. The number of alkyl halides is 2. The van der Waals surface area contributed by atoms with Crippen molar-refractivity contribution < 1.29 is 91.1 Å². The molecule has 5 fully saturated rings. The van der Waals surface area contributed by atoms with Crippen molar-refractivity contribution in [2.45, 2.75) is 173 Å². The summed E-state index contributed by atoms with van der Waals surface area (Å²) in [6, 6.07) is 25.5. The van der Waals surface area contributed by atoms with E-state index in [4.69, 9.17) is 81.5 Å². The molecular weight excluding hydrogens is 1550 g/mol. The van der Waals surface area contributed by atoms with Crippen molar-refractivity contribution in [3.63, 3.8) is 0 Å². The van der Waals surface area contributed by atoms with E-state index in [9.17, 15) is 54.0 Å². The zero-order valence-corrected chi connectivity index (χ0v) is 67.8. The molecule has 112 heavy (non-hydrogen) atoms. The van der Waals surface area contributed by atoms with Gasteiger partial charge in [-0.05, 0) is 125 Å². The highest BCUT2D eigenvalue weighted by Gasteiger charge is 2.53. The van der Waals surface area contributed by atoms with Gasteiger partial charge in [0.1, 0.15) is 101 Å². The van der Waals surface area contributed by atoms with Gasteiger partial charge in [-0.1, -0.05) is 92.9 Å². The Balaban J connectivity index is 0.780. The van der Waals surface area contributed by atoms with Gasteiger partial charge in [-0.2, -0.15) is 0 Å². The molecule has 7 heterocycles. The maximum atomic E-state index is 14.3. The molecule has 0 spiro atoms. The van der Waals surface area contributed by atoms with Crippen molar-refractivity contribution in [2.24, 2.45) is 11.8 Å². The number of carbonyl (C=O) groups is 5. The minimum atomic E-state index is -1.74. The van der Waals surface area contributed by atoms with Gasteiger partial charge in [-0.15, -0.1) is 46.7 Å². The molecule has 32 heteroatoms. The lowest BCUT2D eigenvalue weighted by Crippen LogP contribution is -2.65. The first-order chi connectivity index (χ1) is 53.8. The summed E-state index contributed by atoms with van der Waals surface area (Å²) in [5.74, 6) is -4.66. The number of esters is 3. The largest absolute Gasteiger partial charge is 0.489 e. The third kappa shape index (κ3) is 20.8. The zero-order chi connectivity index (χ0) is 80.2. The van der Waals surface area contributed by atoms with Crippen molar-refractivity contribution in [2.75, 3.05) is 98.8 Å². The van der Waals surface area contributed by atoms with Crippen LogP contribution in [-0.4, -0.2) is 269 Å². The molecule has 6 N–H and O–H groups in total. The molecule has 27 nitrogen and oxygen atoms in total. The van der Waals surface area contributed by atoms with Crippen LogP contribution in [0.5, 0.6) is 11.5 Å².